The van der Waals surface area contributed by atoms with Crippen LogP contribution in [0.15, 0.2) is 22.8 Å². The second-order valence-corrected chi connectivity index (χ2v) is 13.8. The van der Waals surface area contributed by atoms with Crippen molar-refractivity contribution in [2.45, 2.75) is 122 Å². The van der Waals surface area contributed by atoms with Crippen LogP contribution in [0.3, 0.4) is 0 Å². The summed E-state index contributed by atoms with van der Waals surface area (Å²) in [6.07, 6.45) is -5.44. The van der Waals surface area contributed by atoms with E-state index in [1.807, 2.05) is 0 Å². The maximum Gasteiger partial charge on any atom is 0.338 e. The minimum Gasteiger partial charge on any atom is -0.459 e. The van der Waals surface area contributed by atoms with E-state index in [1.165, 1.54) is 19.9 Å². The van der Waals surface area contributed by atoms with Gasteiger partial charge in [0.05, 0.1) is 24.9 Å². The van der Waals surface area contributed by atoms with Crippen LogP contribution in [0.5, 0.6) is 0 Å². The topological polar surface area (TPSA) is 189 Å². The fourth-order valence-electron chi connectivity index (χ4n) is 7.97. The van der Waals surface area contributed by atoms with Gasteiger partial charge in [0.2, 0.25) is 5.91 Å². The number of fused-ring (bicyclic) bond motifs is 5. The number of aliphatic hydroxyl groups excluding tert-OH is 2. The number of allylic oxidation sites excluding steroid dienone is 1. The van der Waals surface area contributed by atoms with Crippen LogP contribution in [0.25, 0.3) is 0 Å². The van der Waals surface area contributed by atoms with Gasteiger partial charge in [0.15, 0.2) is 11.9 Å². The average molecular weight is 835 g/mol. The standard InChI is InChI=1S/C31H45NO11.Ac/c1-14(2)9-18(32-16(4)33)24(37)27(38)43-20-12-31(40)26(42-17(5)34)25-29(8,21(36)10-22-30(25,39)13-41-22)11-19(35)23(15(20)3)28(31,6)7;/h9,18,20-22,24-26,36-37,39-40H,10-13H2,1-8H3,(H,32,33);/t18-,20?,21-,22+,24+,25-,26-,29+,30-,31+;/m0./s1. The van der Waals surface area contributed by atoms with E-state index in [9.17, 15) is 39.6 Å². The Bertz CT molecular complexity index is 1270. The molecule has 0 aromatic carbocycles. The Morgan fingerprint density at radius 3 is 2.20 bits per heavy atom. The Labute approximate surface area is 293 Å². The number of aliphatic hydroxyl groups is 4. The quantitative estimate of drug-likeness (QED) is 0.187. The van der Waals surface area contributed by atoms with Crippen molar-refractivity contribution in [1.29, 1.82) is 0 Å². The molecule has 13 heteroatoms. The molecule has 1 aliphatic heterocycles. The van der Waals surface area contributed by atoms with Crippen LogP contribution in [0.1, 0.15) is 74.7 Å². The Balaban J connectivity index is 0.00000529. The van der Waals surface area contributed by atoms with Crippen LogP contribution in [-0.4, -0.2) is 98.4 Å². The van der Waals surface area contributed by atoms with Crippen LogP contribution < -0.4 is 5.32 Å². The third-order valence-corrected chi connectivity index (χ3v) is 10.2. The van der Waals surface area contributed by atoms with Gasteiger partial charge in [-0.05, 0) is 26.3 Å². The fourth-order valence-corrected chi connectivity index (χ4v) is 7.97. The van der Waals surface area contributed by atoms with Crippen LogP contribution in [0.2, 0.25) is 0 Å². The maximum absolute atomic E-state index is 14.2. The molecule has 4 rings (SSSR count). The largest absolute Gasteiger partial charge is 0.459 e. The molecule has 0 aromatic rings. The number of Topliss-reactive ketones (excluding diaryl/α,β-unsaturated/α-hetero) is 1. The summed E-state index contributed by atoms with van der Waals surface area (Å²) in [5.41, 5.74) is -5.16. The van der Waals surface area contributed by atoms with Crippen molar-refractivity contribution in [3.63, 3.8) is 0 Å². The van der Waals surface area contributed by atoms with Gasteiger partial charge in [-0.25, -0.2) is 4.79 Å². The predicted octanol–water partition coefficient (Wildman–Crippen LogP) is 0.629. The summed E-state index contributed by atoms with van der Waals surface area (Å²) >= 11 is 0. The van der Waals surface area contributed by atoms with E-state index in [2.05, 4.69) is 5.32 Å². The molecular formula is C31H45AcNO11. The van der Waals surface area contributed by atoms with Crippen molar-refractivity contribution < 1.29 is 97.9 Å². The zero-order chi connectivity index (χ0) is 32.4. The smallest absolute Gasteiger partial charge is 0.338 e. The van der Waals surface area contributed by atoms with Crippen molar-refractivity contribution in [2.24, 2.45) is 16.7 Å². The summed E-state index contributed by atoms with van der Waals surface area (Å²) in [6, 6.07) is -1.10. The molecule has 1 radical (unpaired) electrons. The molecule has 44 heavy (non-hydrogen) atoms. The Morgan fingerprint density at radius 2 is 1.70 bits per heavy atom. The number of nitrogens with one attached hydrogen (secondary N) is 1. The van der Waals surface area contributed by atoms with E-state index < -0.39 is 88.1 Å². The first-order chi connectivity index (χ1) is 19.7. The summed E-state index contributed by atoms with van der Waals surface area (Å²) in [5.74, 6) is -3.87. The van der Waals surface area contributed by atoms with Gasteiger partial charge in [-0.2, -0.15) is 0 Å². The third-order valence-electron chi connectivity index (χ3n) is 10.2. The number of hydrogen-bond acceptors (Lipinski definition) is 11. The van der Waals surface area contributed by atoms with E-state index >= 15 is 0 Å². The summed E-state index contributed by atoms with van der Waals surface area (Å²) in [5, 5.41) is 49.3. The summed E-state index contributed by atoms with van der Waals surface area (Å²) in [6.45, 7) is 12.2. The van der Waals surface area contributed by atoms with E-state index in [1.54, 1.807) is 41.5 Å². The SMILES string of the molecule is CC(=O)N[C@@H](C=C(C)C)[C@@H](O)C(=O)OC1C[C@@]2(O)[C@@H](OC(C)=O)[C@H]3[C@](C)(CC(=O)C(=C1C)C2(C)C)[C@@H](O)C[C@H]1OC[C@]13O.[Ac]. The molecule has 1 heterocycles. The molecular weight excluding hydrogens is 789 g/mol. The van der Waals surface area contributed by atoms with Crippen molar-refractivity contribution in [1.82, 2.24) is 5.32 Å². The zero-order valence-corrected chi connectivity index (χ0v) is 31.4. The molecule has 0 aromatic heterocycles. The van der Waals surface area contributed by atoms with Crippen LogP contribution >= 0.6 is 0 Å². The molecule has 5 N–H and O–H groups in total. The maximum atomic E-state index is 14.2. The van der Waals surface area contributed by atoms with Crippen molar-refractivity contribution >= 4 is 23.6 Å². The molecule has 12 nitrogen and oxygen atoms in total. The third kappa shape index (κ3) is 6.00. The molecule has 1 saturated heterocycles. The monoisotopic (exact) mass is 834 g/mol. The Kier molecular flexibility index (Phi) is 10.8. The van der Waals surface area contributed by atoms with Gasteiger partial charge in [-0.1, -0.05) is 32.4 Å². The predicted molar refractivity (Wildman–Crippen MR) is 151 cm³/mol. The first-order valence-electron chi connectivity index (χ1n) is 14.7. The fraction of sp³-hybridized carbons (Fsp3) is 0.742. The molecule has 3 aliphatic carbocycles. The molecule has 2 saturated carbocycles. The molecule has 10 atom stereocenters. The van der Waals surface area contributed by atoms with Crippen molar-refractivity contribution in [2.75, 3.05) is 6.61 Å². The van der Waals surface area contributed by atoms with Crippen LogP contribution in [0.4, 0.5) is 0 Å². The van der Waals surface area contributed by atoms with Gasteiger partial charge < -0.3 is 40.0 Å². The van der Waals surface area contributed by atoms with Crippen LogP contribution in [-0.2, 0) is 33.4 Å². The second kappa shape index (κ2) is 12.8. The molecule has 2 bridgehead atoms. The van der Waals surface area contributed by atoms with Crippen molar-refractivity contribution in [3.8, 4) is 0 Å². The number of rotatable bonds is 6. The number of amides is 1. The van der Waals surface area contributed by atoms with E-state index in [-0.39, 0.29) is 75.5 Å². The number of carbonyl (C=O) groups is 4. The number of carbonyl (C=O) groups excluding carboxylic acids is 4. The molecule has 0 spiro atoms. The van der Waals surface area contributed by atoms with Gasteiger partial charge in [-0.15, -0.1) is 0 Å². The van der Waals surface area contributed by atoms with Crippen molar-refractivity contribution in [3.05, 3.63) is 22.8 Å². The summed E-state index contributed by atoms with van der Waals surface area (Å²) in [7, 11) is 0. The summed E-state index contributed by atoms with van der Waals surface area (Å²) in [4.78, 5) is 51.8. The van der Waals surface area contributed by atoms with Gasteiger partial charge >= 0.3 is 11.9 Å². The van der Waals surface area contributed by atoms with E-state index in [4.69, 9.17) is 14.2 Å². The van der Waals surface area contributed by atoms with E-state index in [0.29, 0.717) is 5.57 Å². The minimum atomic E-state index is -2.09. The van der Waals surface area contributed by atoms with Gasteiger partial charge in [0.25, 0.3) is 0 Å². The summed E-state index contributed by atoms with van der Waals surface area (Å²) < 4.78 is 17.2. The molecule has 4 aliphatic rings. The Hall–Kier alpha value is -1.20. The first kappa shape index (κ1) is 37.3. The molecule has 243 valence electrons. The van der Waals surface area contributed by atoms with Gasteiger partial charge in [0, 0.05) is 99.5 Å². The molecule has 3 fully saturated rings. The molecule has 1 amide bonds. The average Bonchev–Trinajstić information content (AvgIpc) is 2.86. The molecule has 1 unspecified atom stereocenters. The number of esters is 2. The Morgan fingerprint density at radius 1 is 1.09 bits per heavy atom. The number of hydrogen-bond donors (Lipinski definition) is 5. The first-order valence-corrected chi connectivity index (χ1v) is 14.7. The minimum absolute atomic E-state index is 0. The van der Waals surface area contributed by atoms with Crippen LogP contribution in [0, 0.1) is 60.8 Å². The second-order valence-electron chi connectivity index (χ2n) is 13.8. The zero-order valence-electron chi connectivity index (χ0n) is 26.7. The normalized spacial score (nSPS) is 38.5. The number of ether oxygens (including phenoxy) is 3. The van der Waals surface area contributed by atoms with E-state index in [0.717, 1.165) is 5.57 Å². The van der Waals surface area contributed by atoms with Gasteiger partial charge in [0.1, 0.15) is 23.4 Å². The van der Waals surface area contributed by atoms with Gasteiger partial charge in [-0.3, -0.25) is 14.4 Å². The number of ketones is 1.